The first-order valence-corrected chi connectivity index (χ1v) is 9.26. The van der Waals surface area contributed by atoms with Crippen LogP contribution in [0.25, 0.3) is 0 Å². The highest BCUT2D eigenvalue weighted by Crippen LogP contribution is 2.15. The van der Waals surface area contributed by atoms with Crippen molar-refractivity contribution in [1.29, 1.82) is 0 Å². The van der Waals surface area contributed by atoms with Crippen molar-refractivity contribution in [1.82, 2.24) is 5.32 Å². The second-order valence-corrected chi connectivity index (χ2v) is 7.20. The predicted molar refractivity (Wildman–Crippen MR) is 107 cm³/mol. The molecule has 2 N–H and O–H groups in total. The number of carbonyl (C=O) groups excluding carboxylic acids is 3. The number of anilines is 1. The van der Waals surface area contributed by atoms with Crippen molar-refractivity contribution in [2.24, 2.45) is 5.92 Å². The number of ether oxygens (including phenoxy) is 1. The lowest BCUT2D eigenvalue weighted by Gasteiger charge is -2.12. The van der Waals surface area contributed by atoms with Gasteiger partial charge < -0.3 is 15.4 Å². The SMILES string of the molecule is CC(C)CNC(=O)c1ccccc1NC(=O)COC(=O)c1ccc(Br)cc1. The van der Waals surface area contributed by atoms with Crippen LogP contribution < -0.4 is 10.6 Å². The van der Waals surface area contributed by atoms with Crippen LogP contribution in [0.5, 0.6) is 0 Å². The summed E-state index contributed by atoms with van der Waals surface area (Å²) in [6.07, 6.45) is 0. The second-order valence-electron chi connectivity index (χ2n) is 6.28. The first-order valence-electron chi connectivity index (χ1n) is 8.46. The zero-order valence-electron chi connectivity index (χ0n) is 15.1. The van der Waals surface area contributed by atoms with E-state index >= 15 is 0 Å². The third-order valence-electron chi connectivity index (χ3n) is 3.53. The molecule has 2 aromatic rings. The number of carbonyl (C=O) groups is 3. The summed E-state index contributed by atoms with van der Waals surface area (Å²) in [7, 11) is 0. The molecule has 0 aliphatic heterocycles. The Morgan fingerprint density at radius 2 is 1.70 bits per heavy atom. The van der Waals surface area contributed by atoms with Gasteiger partial charge in [0.1, 0.15) is 0 Å². The zero-order chi connectivity index (χ0) is 19.8. The number of halogens is 1. The summed E-state index contributed by atoms with van der Waals surface area (Å²) in [4.78, 5) is 36.3. The van der Waals surface area contributed by atoms with Crippen LogP contribution >= 0.6 is 15.9 Å². The Morgan fingerprint density at radius 3 is 2.37 bits per heavy atom. The number of esters is 1. The summed E-state index contributed by atoms with van der Waals surface area (Å²) in [5.41, 5.74) is 1.06. The van der Waals surface area contributed by atoms with E-state index < -0.39 is 18.5 Å². The molecule has 7 heteroatoms. The number of para-hydroxylation sites is 1. The van der Waals surface area contributed by atoms with E-state index in [9.17, 15) is 14.4 Å². The number of amides is 2. The van der Waals surface area contributed by atoms with Crippen molar-refractivity contribution in [3.63, 3.8) is 0 Å². The minimum atomic E-state index is -0.597. The Balaban J connectivity index is 1.94. The standard InChI is InChI=1S/C20H21BrN2O4/c1-13(2)11-22-19(25)16-5-3-4-6-17(16)23-18(24)12-27-20(26)14-7-9-15(21)10-8-14/h3-10,13H,11-12H2,1-2H3,(H,22,25)(H,23,24). The molecular weight excluding hydrogens is 412 g/mol. The van der Waals surface area contributed by atoms with Gasteiger partial charge in [-0.25, -0.2) is 4.79 Å². The number of nitrogens with one attached hydrogen (secondary N) is 2. The van der Waals surface area contributed by atoms with Gasteiger partial charge in [0, 0.05) is 11.0 Å². The molecule has 0 bridgehead atoms. The van der Waals surface area contributed by atoms with E-state index in [1.165, 1.54) is 0 Å². The molecule has 0 radical (unpaired) electrons. The topological polar surface area (TPSA) is 84.5 Å². The second kappa shape index (κ2) is 9.87. The molecule has 0 saturated heterocycles. The van der Waals surface area contributed by atoms with Gasteiger partial charge in [0.05, 0.1) is 16.8 Å². The quantitative estimate of drug-likeness (QED) is 0.654. The van der Waals surface area contributed by atoms with Crippen LogP contribution in [0.1, 0.15) is 34.6 Å². The van der Waals surface area contributed by atoms with Gasteiger partial charge in [0.15, 0.2) is 6.61 Å². The Morgan fingerprint density at radius 1 is 1.04 bits per heavy atom. The van der Waals surface area contributed by atoms with E-state index in [2.05, 4.69) is 26.6 Å². The van der Waals surface area contributed by atoms with Gasteiger partial charge in [-0.15, -0.1) is 0 Å². The molecule has 0 fully saturated rings. The first-order chi connectivity index (χ1) is 12.9. The monoisotopic (exact) mass is 432 g/mol. The lowest BCUT2D eigenvalue weighted by Crippen LogP contribution is -2.29. The van der Waals surface area contributed by atoms with Crippen LogP contribution in [0.4, 0.5) is 5.69 Å². The molecule has 0 saturated carbocycles. The molecule has 0 atom stereocenters. The molecule has 142 valence electrons. The first kappa shape index (κ1) is 20.6. The van der Waals surface area contributed by atoms with E-state index in [1.807, 2.05) is 13.8 Å². The maximum atomic E-state index is 12.3. The minimum absolute atomic E-state index is 0.272. The summed E-state index contributed by atoms with van der Waals surface area (Å²) in [5, 5.41) is 5.42. The molecule has 27 heavy (non-hydrogen) atoms. The molecule has 0 unspecified atom stereocenters. The summed E-state index contributed by atoms with van der Waals surface area (Å²) >= 11 is 3.28. The molecule has 0 aromatic heterocycles. The van der Waals surface area contributed by atoms with Crippen LogP contribution in [-0.4, -0.2) is 30.9 Å². The van der Waals surface area contributed by atoms with Gasteiger partial charge >= 0.3 is 5.97 Å². The fourth-order valence-corrected chi connectivity index (χ4v) is 2.43. The maximum Gasteiger partial charge on any atom is 0.338 e. The average molecular weight is 433 g/mol. The highest BCUT2D eigenvalue weighted by Gasteiger charge is 2.15. The molecule has 0 heterocycles. The molecule has 2 rings (SSSR count). The van der Waals surface area contributed by atoms with E-state index in [-0.39, 0.29) is 5.91 Å². The minimum Gasteiger partial charge on any atom is -0.452 e. The smallest absolute Gasteiger partial charge is 0.338 e. The molecule has 0 aliphatic rings. The lowest BCUT2D eigenvalue weighted by atomic mass is 10.1. The van der Waals surface area contributed by atoms with Crippen molar-refractivity contribution in [2.75, 3.05) is 18.5 Å². The maximum absolute atomic E-state index is 12.3. The normalized spacial score (nSPS) is 10.4. The number of rotatable bonds is 7. The lowest BCUT2D eigenvalue weighted by molar-refractivity contribution is -0.119. The van der Waals surface area contributed by atoms with Crippen LogP contribution in [0.15, 0.2) is 53.0 Å². The third kappa shape index (κ3) is 6.53. The number of hydrogen-bond acceptors (Lipinski definition) is 4. The molecule has 2 aromatic carbocycles. The molecule has 0 spiro atoms. The van der Waals surface area contributed by atoms with Gasteiger partial charge in [0.25, 0.3) is 11.8 Å². The predicted octanol–water partition coefficient (Wildman–Crippen LogP) is 3.63. The van der Waals surface area contributed by atoms with Gasteiger partial charge in [-0.1, -0.05) is 41.9 Å². The molecule has 0 aliphatic carbocycles. The number of benzene rings is 2. The highest BCUT2D eigenvalue weighted by atomic mass is 79.9. The van der Waals surface area contributed by atoms with Crippen LogP contribution in [0.3, 0.4) is 0 Å². The van der Waals surface area contributed by atoms with Gasteiger partial charge in [-0.05, 0) is 42.3 Å². The fraction of sp³-hybridized carbons (Fsp3) is 0.250. The summed E-state index contributed by atoms with van der Waals surface area (Å²) in [6, 6.07) is 13.3. The Hall–Kier alpha value is -2.67. The van der Waals surface area contributed by atoms with Crippen LogP contribution in [0.2, 0.25) is 0 Å². The zero-order valence-corrected chi connectivity index (χ0v) is 16.7. The van der Waals surface area contributed by atoms with Crippen LogP contribution in [-0.2, 0) is 9.53 Å². The summed E-state index contributed by atoms with van der Waals surface area (Å²) < 4.78 is 5.85. The largest absolute Gasteiger partial charge is 0.452 e. The van der Waals surface area contributed by atoms with E-state index in [1.54, 1.807) is 48.5 Å². The Labute approximate surface area is 166 Å². The van der Waals surface area contributed by atoms with Gasteiger partial charge in [-0.3, -0.25) is 9.59 Å². The van der Waals surface area contributed by atoms with Crippen molar-refractivity contribution in [3.8, 4) is 0 Å². The summed E-state index contributed by atoms with van der Waals surface area (Å²) in [6.45, 7) is 4.07. The van der Waals surface area contributed by atoms with Crippen molar-refractivity contribution < 1.29 is 19.1 Å². The molecule has 6 nitrogen and oxygen atoms in total. The molecule has 2 amide bonds. The fourth-order valence-electron chi connectivity index (χ4n) is 2.17. The number of hydrogen-bond donors (Lipinski definition) is 2. The van der Waals surface area contributed by atoms with E-state index in [0.29, 0.717) is 29.3 Å². The van der Waals surface area contributed by atoms with E-state index in [4.69, 9.17) is 4.74 Å². The highest BCUT2D eigenvalue weighted by molar-refractivity contribution is 9.10. The summed E-state index contributed by atoms with van der Waals surface area (Å²) in [5.74, 6) is -1.08. The molecular formula is C20H21BrN2O4. The Kier molecular flexibility index (Phi) is 7.55. The Bertz CT molecular complexity index is 819. The van der Waals surface area contributed by atoms with Gasteiger partial charge in [0.2, 0.25) is 0 Å². The average Bonchev–Trinajstić information content (AvgIpc) is 2.65. The van der Waals surface area contributed by atoms with Gasteiger partial charge in [-0.2, -0.15) is 0 Å². The van der Waals surface area contributed by atoms with E-state index in [0.717, 1.165) is 4.47 Å². The van der Waals surface area contributed by atoms with Crippen molar-refractivity contribution in [3.05, 3.63) is 64.1 Å². The third-order valence-corrected chi connectivity index (χ3v) is 4.06. The van der Waals surface area contributed by atoms with Crippen molar-refractivity contribution >= 4 is 39.4 Å². The van der Waals surface area contributed by atoms with Crippen molar-refractivity contribution in [2.45, 2.75) is 13.8 Å². The van der Waals surface area contributed by atoms with Crippen LogP contribution in [0, 0.1) is 5.92 Å².